The Morgan fingerprint density at radius 1 is 1.75 bits per heavy atom. The van der Waals surface area contributed by atoms with Crippen LogP contribution in [0.4, 0.5) is 0 Å². The van der Waals surface area contributed by atoms with Crippen molar-refractivity contribution in [2.45, 2.75) is 6.92 Å². The first-order valence-electron chi connectivity index (χ1n) is 3.19. The fourth-order valence-electron chi connectivity index (χ4n) is 0.621. The van der Waals surface area contributed by atoms with Gasteiger partial charge in [-0.15, -0.1) is 0 Å². The summed E-state index contributed by atoms with van der Waals surface area (Å²) in [6.07, 6.45) is 1.83. The highest BCUT2D eigenvalue weighted by Crippen LogP contribution is 2.11. The first kappa shape index (κ1) is 8.73. The minimum absolute atomic E-state index is 0.284. The number of H-pyrrole nitrogens is 1. The molecule has 0 bridgehead atoms. The summed E-state index contributed by atoms with van der Waals surface area (Å²) < 4.78 is 0. The number of halogens is 1. The molecule has 1 rings (SSSR count). The van der Waals surface area contributed by atoms with E-state index in [1.807, 2.05) is 0 Å². The van der Waals surface area contributed by atoms with Crippen LogP contribution in [0.15, 0.2) is 6.20 Å². The largest absolute Gasteiger partial charge is 0.334 e. The van der Waals surface area contributed by atoms with Crippen LogP contribution in [0.25, 0.3) is 5.03 Å². The molecule has 0 spiro atoms. The van der Waals surface area contributed by atoms with Crippen molar-refractivity contribution in [3.05, 3.63) is 17.8 Å². The van der Waals surface area contributed by atoms with Crippen LogP contribution in [0.1, 0.15) is 11.6 Å². The molecule has 0 unspecified atom stereocenters. The van der Waals surface area contributed by atoms with Gasteiger partial charge in [0, 0.05) is 6.20 Å². The van der Waals surface area contributed by atoms with Gasteiger partial charge in [0.1, 0.15) is 10.9 Å². The van der Waals surface area contributed by atoms with Crippen LogP contribution in [0.5, 0.6) is 0 Å². The third-order valence-electron chi connectivity index (χ3n) is 1.09. The fourth-order valence-corrected chi connectivity index (χ4v) is 0.769. The number of hydrogen-bond donors (Lipinski definition) is 2. The van der Waals surface area contributed by atoms with Crippen molar-refractivity contribution in [1.29, 1.82) is 0 Å². The molecule has 0 aliphatic heterocycles. The Bertz CT molecular complexity index is 306. The first-order chi connectivity index (χ1) is 5.74. The van der Waals surface area contributed by atoms with Gasteiger partial charge in [-0.25, -0.2) is 4.98 Å². The van der Waals surface area contributed by atoms with Crippen molar-refractivity contribution in [1.82, 2.24) is 20.5 Å². The number of amides is 1. The Kier molecular flexibility index (Phi) is 2.82. The molecule has 0 radical (unpaired) electrons. The van der Waals surface area contributed by atoms with E-state index in [1.165, 1.54) is 6.20 Å². The second-order valence-electron chi connectivity index (χ2n) is 2.02. The van der Waals surface area contributed by atoms with Crippen molar-refractivity contribution < 1.29 is 4.79 Å². The van der Waals surface area contributed by atoms with E-state index in [-0.39, 0.29) is 5.03 Å². The third kappa shape index (κ3) is 2.06. The SMILES string of the molecule is Cc1nc(/C(Cl)=C\NC=O)n[nH]1. The first-order valence-corrected chi connectivity index (χ1v) is 3.56. The van der Waals surface area contributed by atoms with E-state index in [0.717, 1.165) is 0 Å². The monoisotopic (exact) mass is 186 g/mol. The predicted molar refractivity (Wildman–Crippen MR) is 44.1 cm³/mol. The van der Waals surface area contributed by atoms with Gasteiger partial charge in [0.2, 0.25) is 6.41 Å². The lowest BCUT2D eigenvalue weighted by Gasteiger charge is -1.88. The summed E-state index contributed by atoms with van der Waals surface area (Å²) in [5.74, 6) is 1.03. The van der Waals surface area contributed by atoms with E-state index in [9.17, 15) is 4.79 Å². The summed E-state index contributed by atoms with van der Waals surface area (Å²) >= 11 is 5.69. The number of rotatable bonds is 3. The maximum atomic E-state index is 9.88. The second kappa shape index (κ2) is 3.87. The molecule has 5 nitrogen and oxygen atoms in total. The third-order valence-corrected chi connectivity index (χ3v) is 1.37. The maximum absolute atomic E-state index is 9.88. The Hall–Kier alpha value is -1.36. The fraction of sp³-hybridized carbons (Fsp3) is 0.167. The standard InChI is InChI=1S/C6H7ClN4O/c1-4-9-6(11-10-4)5(7)2-8-3-12/h2-3H,1H3,(H,8,12)(H,9,10,11)/b5-2+. The molecular weight excluding hydrogens is 180 g/mol. The summed E-state index contributed by atoms with van der Waals surface area (Å²) in [7, 11) is 0. The molecule has 0 fully saturated rings. The normalized spacial score (nSPS) is 11.3. The van der Waals surface area contributed by atoms with Crippen molar-refractivity contribution in [2.75, 3.05) is 0 Å². The minimum atomic E-state index is 0.284. The number of nitrogens with one attached hydrogen (secondary N) is 2. The molecule has 0 atom stereocenters. The molecule has 1 aromatic heterocycles. The average molecular weight is 187 g/mol. The van der Waals surface area contributed by atoms with Crippen LogP contribution in [0.3, 0.4) is 0 Å². The van der Waals surface area contributed by atoms with Gasteiger partial charge >= 0.3 is 0 Å². The molecule has 64 valence electrons. The van der Waals surface area contributed by atoms with Crippen molar-refractivity contribution in [3.63, 3.8) is 0 Å². The van der Waals surface area contributed by atoms with Crippen LogP contribution < -0.4 is 5.32 Å². The number of nitrogens with zero attached hydrogens (tertiary/aromatic N) is 2. The molecule has 6 heteroatoms. The zero-order chi connectivity index (χ0) is 8.97. The summed E-state index contributed by atoms with van der Waals surface area (Å²) in [5, 5.41) is 8.97. The van der Waals surface area contributed by atoms with Gasteiger partial charge in [-0.1, -0.05) is 11.6 Å². The molecule has 1 amide bonds. The van der Waals surface area contributed by atoms with Crippen molar-refractivity contribution >= 4 is 23.0 Å². The van der Waals surface area contributed by atoms with Gasteiger partial charge in [0.15, 0.2) is 5.82 Å². The molecule has 0 aliphatic rings. The number of carbonyl (C=O) groups excluding carboxylic acids is 1. The minimum Gasteiger partial charge on any atom is -0.334 e. The van der Waals surface area contributed by atoms with E-state index >= 15 is 0 Å². The number of hydrogen-bond acceptors (Lipinski definition) is 3. The highest BCUT2D eigenvalue weighted by molar-refractivity contribution is 6.48. The number of carbonyl (C=O) groups is 1. The molecule has 1 heterocycles. The quantitative estimate of drug-likeness (QED) is 0.672. The molecule has 0 saturated heterocycles. The number of aromatic amines is 1. The highest BCUT2D eigenvalue weighted by atomic mass is 35.5. The average Bonchev–Trinajstić information content (AvgIpc) is 2.47. The van der Waals surface area contributed by atoms with Crippen LogP contribution in [0.2, 0.25) is 0 Å². The molecule has 0 aromatic carbocycles. The van der Waals surface area contributed by atoms with E-state index < -0.39 is 0 Å². The van der Waals surface area contributed by atoms with Gasteiger partial charge in [-0.2, -0.15) is 5.10 Å². The Morgan fingerprint density at radius 2 is 2.50 bits per heavy atom. The van der Waals surface area contributed by atoms with Gasteiger partial charge in [-0.3, -0.25) is 9.89 Å². The summed E-state index contributed by atoms with van der Waals surface area (Å²) in [6, 6.07) is 0. The topological polar surface area (TPSA) is 70.7 Å². The Balaban J connectivity index is 2.76. The predicted octanol–water partition coefficient (Wildman–Crippen LogP) is 0.396. The summed E-state index contributed by atoms with van der Waals surface area (Å²) in [6.45, 7) is 1.76. The summed E-state index contributed by atoms with van der Waals surface area (Å²) in [5.41, 5.74) is 0. The van der Waals surface area contributed by atoms with Gasteiger partial charge < -0.3 is 5.32 Å². The Labute approximate surface area is 73.8 Å². The maximum Gasteiger partial charge on any atom is 0.211 e. The molecular formula is C6H7ClN4O. The van der Waals surface area contributed by atoms with E-state index in [0.29, 0.717) is 18.1 Å². The molecule has 0 aliphatic carbocycles. The Morgan fingerprint density at radius 3 is 3.00 bits per heavy atom. The van der Waals surface area contributed by atoms with Crippen LogP contribution in [-0.2, 0) is 4.79 Å². The smallest absolute Gasteiger partial charge is 0.211 e. The molecule has 2 N–H and O–H groups in total. The van der Waals surface area contributed by atoms with Crippen molar-refractivity contribution in [3.8, 4) is 0 Å². The van der Waals surface area contributed by atoms with Gasteiger partial charge in [-0.05, 0) is 6.92 Å². The van der Waals surface area contributed by atoms with E-state index in [1.54, 1.807) is 6.92 Å². The molecule has 0 saturated carbocycles. The molecule has 12 heavy (non-hydrogen) atoms. The van der Waals surface area contributed by atoms with Gasteiger partial charge in [0.25, 0.3) is 0 Å². The molecule has 1 aromatic rings. The van der Waals surface area contributed by atoms with E-state index in [4.69, 9.17) is 11.6 Å². The zero-order valence-corrected chi connectivity index (χ0v) is 7.09. The number of aromatic nitrogens is 3. The highest BCUT2D eigenvalue weighted by Gasteiger charge is 2.02. The van der Waals surface area contributed by atoms with Crippen LogP contribution in [0, 0.1) is 6.92 Å². The number of aryl methyl sites for hydroxylation is 1. The zero-order valence-electron chi connectivity index (χ0n) is 6.34. The van der Waals surface area contributed by atoms with Crippen LogP contribution in [-0.4, -0.2) is 21.6 Å². The van der Waals surface area contributed by atoms with E-state index in [2.05, 4.69) is 20.5 Å². The lowest BCUT2D eigenvalue weighted by Crippen LogP contribution is -2.00. The summed E-state index contributed by atoms with van der Waals surface area (Å²) in [4.78, 5) is 13.8. The van der Waals surface area contributed by atoms with Crippen molar-refractivity contribution in [2.24, 2.45) is 0 Å². The lowest BCUT2D eigenvalue weighted by atomic mass is 10.5. The van der Waals surface area contributed by atoms with Crippen LogP contribution >= 0.6 is 11.6 Å². The second-order valence-corrected chi connectivity index (χ2v) is 2.43. The lowest BCUT2D eigenvalue weighted by molar-refractivity contribution is -0.108. The van der Waals surface area contributed by atoms with Gasteiger partial charge in [0.05, 0.1) is 0 Å².